The molecule has 0 spiro atoms. The van der Waals surface area contributed by atoms with E-state index < -0.39 is 5.97 Å². The molecule has 0 fully saturated rings. The molecule has 0 saturated carbocycles. The first-order valence-electron chi connectivity index (χ1n) is 11.3. The summed E-state index contributed by atoms with van der Waals surface area (Å²) in [5.74, 6) is -1.10. The number of nitrogens with zero attached hydrogens (tertiary/aromatic N) is 3. The van der Waals surface area contributed by atoms with Crippen molar-refractivity contribution < 1.29 is 19.7 Å². The van der Waals surface area contributed by atoms with Crippen molar-refractivity contribution in [2.24, 2.45) is 10.2 Å². The van der Waals surface area contributed by atoms with Gasteiger partial charge in [-0.25, -0.2) is 9.48 Å². The standard InChI is InChI=1S/C27H26N4O5/c1-16-7-12-21(13-17(16)2)31-27(35)25(18(3)30-31)29-28-23-6-4-5-22(26(23)34)20-10-8-19(9-11-20)14-36-15-24(32)33/h4-13,30,34H,14-15H2,1-3H3,(H,32,33). The number of para-hydroxylation sites is 1. The summed E-state index contributed by atoms with van der Waals surface area (Å²) < 4.78 is 6.52. The van der Waals surface area contributed by atoms with Crippen LogP contribution >= 0.6 is 0 Å². The van der Waals surface area contributed by atoms with Crippen molar-refractivity contribution in [3.8, 4) is 22.6 Å². The minimum atomic E-state index is -1.03. The lowest BCUT2D eigenvalue weighted by Gasteiger charge is -2.08. The van der Waals surface area contributed by atoms with E-state index in [4.69, 9.17) is 9.84 Å². The molecule has 0 aliphatic heterocycles. The summed E-state index contributed by atoms with van der Waals surface area (Å²) in [6.07, 6.45) is 0. The summed E-state index contributed by atoms with van der Waals surface area (Å²) in [4.78, 5) is 23.6. The van der Waals surface area contributed by atoms with Gasteiger partial charge in [0.15, 0.2) is 11.4 Å². The van der Waals surface area contributed by atoms with Gasteiger partial charge in [0, 0.05) is 5.56 Å². The molecule has 0 atom stereocenters. The van der Waals surface area contributed by atoms with E-state index in [0.29, 0.717) is 16.9 Å². The number of hydrogen-bond donors (Lipinski definition) is 3. The number of aryl methyl sites for hydroxylation is 3. The van der Waals surface area contributed by atoms with Crippen LogP contribution in [0.3, 0.4) is 0 Å². The number of aromatic hydroxyl groups is 1. The second-order valence-electron chi connectivity index (χ2n) is 8.45. The van der Waals surface area contributed by atoms with Gasteiger partial charge in [0.1, 0.15) is 12.3 Å². The van der Waals surface area contributed by atoms with Crippen molar-refractivity contribution in [3.05, 3.63) is 93.4 Å². The van der Waals surface area contributed by atoms with Crippen molar-refractivity contribution in [3.63, 3.8) is 0 Å². The Morgan fingerprint density at radius 3 is 2.44 bits per heavy atom. The molecule has 3 aromatic carbocycles. The lowest BCUT2D eigenvalue weighted by molar-refractivity contribution is -0.142. The van der Waals surface area contributed by atoms with Gasteiger partial charge in [0.25, 0.3) is 5.56 Å². The minimum Gasteiger partial charge on any atom is -0.505 e. The number of ether oxygens (including phenoxy) is 1. The van der Waals surface area contributed by atoms with E-state index in [1.165, 1.54) is 4.68 Å². The number of phenolic OH excluding ortho intramolecular Hbond substituents is 1. The quantitative estimate of drug-likeness (QED) is 0.284. The molecule has 4 aromatic rings. The van der Waals surface area contributed by atoms with Crippen LogP contribution in [0.5, 0.6) is 5.75 Å². The molecule has 4 rings (SSSR count). The summed E-state index contributed by atoms with van der Waals surface area (Å²) in [6.45, 7) is 5.53. The Hall–Kier alpha value is -4.50. The highest BCUT2D eigenvalue weighted by Crippen LogP contribution is 2.38. The van der Waals surface area contributed by atoms with Crippen LogP contribution in [-0.4, -0.2) is 32.6 Å². The van der Waals surface area contributed by atoms with E-state index in [9.17, 15) is 14.7 Å². The first-order chi connectivity index (χ1) is 17.2. The second-order valence-corrected chi connectivity index (χ2v) is 8.45. The van der Waals surface area contributed by atoms with Crippen LogP contribution in [-0.2, 0) is 16.1 Å². The van der Waals surface area contributed by atoms with Crippen LogP contribution in [0.1, 0.15) is 22.4 Å². The summed E-state index contributed by atoms with van der Waals surface area (Å²) in [7, 11) is 0. The summed E-state index contributed by atoms with van der Waals surface area (Å²) in [5.41, 5.74) is 5.58. The highest BCUT2D eigenvalue weighted by Gasteiger charge is 2.14. The van der Waals surface area contributed by atoms with Gasteiger partial charge in [-0.15, -0.1) is 10.2 Å². The SMILES string of the molecule is Cc1ccc(-n2[nH]c(C)c(N=Nc3cccc(-c4ccc(COCC(=O)O)cc4)c3O)c2=O)cc1C. The summed E-state index contributed by atoms with van der Waals surface area (Å²) in [6, 6.07) is 18.0. The molecule has 9 heteroatoms. The number of carboxylic acids is 1. The number of phenols is 1. The highest BCUT2D eigenvalue weighted by atomic mass is 16.5. The molecular formula is C27H26N4O5. The summed E-state index contributed by atoms with van der Waals surface area (Å²) in [5, 5.41) is 30.9. The van der Waals surface area contributed by atoms with Crippen molar-refractivity contribution in [1.82, 2.24) is 9.78 Å². The number of azo groups is 1. The van der Waals surface area contributed by atoms with E-state index in [1.807, 2.05) is 32.0 Å². The topological polar surface area (TPSA) is 129 Å². The second kappa shape index (κ2) is 10.4. The van der Waals surface area contributed by atoms with Crippen molar-refractivity contribution in [2.45, 2.75) is 27.4 Å². The normalized spacial score (nSPS) is 11.3. The van der Waals surface area contributed by atoms with Crippen LogP contribution in [0.25, 0.3) is 16.8 Å². The van der Waals surface area contributed by atoms with E-state index in [2.05, 4.69) is 15.3 Å². The number of H-pyrrole nitrogens is 1. The maximum Gasteiger partial charge on any atom is 0.329 e. The Labute approximate surface area is 207 Å². The zero-order valence-corrected chi connectivity index (χ0v) is 20.1. The first kappa shape index (κ1) is 24.6. The van der Waals surface area contributed by atoms with Gasteiger partial charge in [-0.3, -0.25) is 9.89 Å². The molecule has 0 aliphatic carbocycles. The molecule has 184 valence electrons. The average Bonchev–Trinajstić information content (AvgIpc) is 3.13. The van der Waals surface area contributed by atoms with Crippen LogP contribution in [0, 0.1) is 20.8 Å². The lowest BCUT2D eigenvalue weighted by Crippen LogP contribution is -2.14. The molecule has 0 saturated heterocycles. The number of rotatable bonds is 8. The molecular weight excluding hydrogens is 460 g/mol. The molecule has 1 heterocycles. The zero-order valence-electron chi connectivity index (χ0n) is 20.1. The van der Waals surface area contributed by atoms with E-state index in [1.54, 1.807) is 49.4 Å². The largest absolute Gasteiger partial charge is 0.505 e. The number of aromatic nitrogens is 2. The van der Waals surface area contributed by atoms with Gasteiger partial charge in [-0.2, -0.15) is 0 Å². The molecule has 0 bridgehead atoms. The third-order valence-electron chi connectivity index (χ3n) is 5.82. The fourth-order valence-electron chi connectivity index (χ4n) is 3.69. The molecule has 3 N–H and O–H groups in total. The molecule has 36 heavy (non-hydrogen) atoms. The van der Waals surface area contributed by atoms with Gasteiger partial charge >= 0.3 is 5.97 Å². The number of benzene rings is 3. The predicted molar refractivity (Wildman–Crippen MR) is 136 cm³/mol. The number of nitrogens with one attached hydrogen (secondary N) is 1. The van der Waals surface area contributed by atoms with E-state index in [0.717, 1.165) is 22.3 Å². The highest BCUT2D eigenvalue weighted by molar-refractivity contribution is 5.76. The minimum absolute atomic E-state index is 0.0706. The fourth-order valence-corrected chi connectivity index (χ4v) is 3.69. The number of aromatic amines is 1. The Morgan fingerprint density at radius 1 is 1.00 bits per heavy atom. The van der Waals surface area contributed by atoms with Crippen LogP contribution in [0.2, 0.25) is 0 Å². The molecule has 0 radical (unpaired) electrons. The van der Waals surface area contributed by atoms with Gasteiger partial charge in [-0.05, 0) is 61.2 Å². The maximum atomic E-state index is 13.0. The molecule has 9 nitrogen and oxygen atoms in total. The Bertz CT molecular complexity index is 1500. The van der Waals surface area contributed by atoms with Crippen LogP contribution < -0.4 is 5.56 Å². The monoisotopic (exact) mass is 486 g/mol. The lowest BCUT2D eigenvalue weighted by atomic mass is 10.0. The number of carbonyl (C=O) groups is 1. The molecule has 0 aliphatic rings. The van der Waals surface area contributed by atoms with Crippen LogP contribution in [0.4, 0.5) is 11.4 Å². The number of hydrogen-bond acceptors (Lipinski definition) is 6. The van der Waals surface area contributed by atoms with E-state index >= 15 is 0 Å². The number of aliphatic carboxylic acids is 1. The van der Waals surface area contributed by atoms with Gasteiger partial charge < -0.3 is 14.9 Å². The Balaban J connectivity index is 1.58. The Morgan fingerprint density at radius 2 is 1.75 bits per heavy atom. The maximum absolute atomic E-state index is 13.0. The Kier molecular flexibility index (Phi) is 7.12. The van der Waals surface area contributed by atoms with E-state index in [-0.39, 0.29) is 35.9 Å². The predicted octanol–water partition coefficient (Wildman–Crippen LogP) is 5.48. The van der Waals surface area contributed by atoms with Gasteiger partial charge in [0.2, 0.25) is 0 Å². The number of carboxylic acid groups (broad SMARTS) is 1. The van der Waals surface area contributed by atoms with Gasteiger partial charge in [0.05, 0.1) is 18.0 Å². The zero-order chi connectivity index (χ0) is 25.8. The van der Waals surface area contributed by atoms with Crippen molar-refractivity contribution in [1.29, 1.82) is 0 Å². The van der Waals surface area contributed by atoms with Crippen LogP contribution in [0.15, 0.2) is 75.7 Å². The van der Waals surface area contributed by atoms with Gasteiger partial charge in [-0.1, -0.05) is 42.5 Å². The first-order valence-corrected chi connectivity index (χ1v) is 11.3. The molecule has 1 aromatic heterocycles. The van der Waals surface area contributed by atoms with Crippen molar-refractivity contribution >= 4 is 17.3 Å². The third kappa shape index (κ3) is 5.26. The molecule has 0 amide bonds. The third-order valence-corrected chi connectivity index (χ3v) is 5.82. The smallest absolute Gasteiger partial charge is 0.329 e. The molecule has 0 unspecified atom stereocenters. The van der Waals surface area contributed by atoms with Crippen molar-refractivity contribution in [2.75, 3.05) is 6.61 Å². The average molecular weight is 487 g/mol. The summed E-state index contributed by atoms with van der Waals surface area (Å²) >= 11 is 0. The fraction of sp³-hybridized carbons (Fsp3) is 0.185.